The van der Waals surface area contributed by atoms with Gasteiger partial charge in [0.25, 0.3) is 0 Å². The molecular formula is C18H23O3PS. The molecule has 0 spiro atoms. The zero-order valence-corrected chi connectivity index (χ0v) is 16.0. The van der Waals surface area contributed by atoms with Gasteiger partial charge in [-0.15, -0.1) is 0 Å². The number of hydrogen-bond acceptors (Lipinski definition) is 4. The third-order valence-corrected chi connectivity index (χ3v) is 6.73. The normalized spacial score (nSPS) is 11.3. The van der Waals surface area contributed by atoms with Gasteiger partial charge in [0, 0.05) is 5.75 Å². The minimum Gasteiger partial charge on any atom is -0.408 e. The van der Waals surface area contributed by atoms with Crippen LogP contribution in [0.4, 0.5) is 0 Å². The van der Waals surface area contributed by atoms with E-state index in [0.717, 1.165) is 22.3 Å². The van der Waals surface area contributed by atoms with Crippen molar-refractivity contribution in [3.63, 3.8) is 0 Å². The average molecular weight is 350 g/mol. The van der Waals surface area contributed by atoms with Crippen LogP contribution in [0, 0.1) is 27.7 Å². The Balaban J connectivity index is 2.29. The molecule has 3 nitrogen and oxygen atoms in total. The molecule has 0 atom stereocenters. The number of rotatable bonds is 6. The second-order valence-electron chi connectivity index (χ2n) is 5.69. The highest BCUT2D eigenvalue weighted by atomic mass is 32.7. The summed E-state index contributed by atoms with van der Waals surface area (Å²) >= 11 is 1.20. The van der Waals surface area contributed by atoms with Gasteiger partial charge in [-0.2, -0.15) is 0 Å². The van der Waals surface area contributed by atoms with Gasteiger partial charge in [0.15, 0.2) is 0 Å². The van der Waals surface area contributed by atoms with Gasteiger partial charge < -0.3 is 9.05 Å². The Kier molecular flexibility index (Phi) is 5.83. The number of hydrogen-bond donors (Lipinski definition) is 0. The minimum atomic E-state index is -3.33. The Morgan fingerprint density at radius 2 is 1.13 bits per heavy atom. The Hall–Kier alpha value is -1.38. The summed E-state index contributed by atoms with van der Waals surface area (Å²) in [6.45, 7) is 6.57. The fraction of sp³-hybridized carbons (Fsp3) is 0.333. The molecule has 23 heavy (non-hydrogen) atoms. The molecule has 0 aromatic heterocycles. The molecule has 0 bridgehead atoms. The molecular weight excluding hydrogens is 327 g/mol. The molecule has 0 saturated heterocycles. The van der Waals surface area contributed by atoms with Crippen molar-refractivity contribution in [2.24, 2.45) is 0 Å². The van der Waals surface area contributed by atoms with Gasteiger partial charge in [0.2, 0.25) is 0 Å². The molecule has 2 rings (SSSR count). The Morgan fingerprint density at radius 1 is 0.783 bits per heavy atom. The number of aryl methyl sites for hydroxylation is 4. The van der Waals surface area contributed by atoms with Gasteiger partial charge in [-0.3, -0.25) is 0 Å². The maximum absolute atomic E-state index is 13.1. The van der Waals surface area contributed by atoms with E-state index >= 15 is 0 Å². The Bertz CT molecular complexity index is 645. The first-order valence-electron chi connectivity index (χ1n) is 7.60. The first kappa shape index (κ1) is 18.0. The van der Waals surface area contributed by atoms with Crippen LogP contribution in [0.2, 0.25) is 0 Å². The van der Waals surface area contributed by atoms with E-state index in [-0.39, 0.29) is 0 Å². The smallest absolute Gasteiger partial charge is 0.408 e. The zero-order valence-electron chi connectivity index (χ0n) is 14.3. The van der Waals surface area contributed by atoms with Crippen LogP contribution in [0.15, 0.2) is 36.4 Å². The van der Waals surface area contributed by atoms with E-state index in [0.29, 0.717) is 17.3 Å². The Morgan fingerprint density at radius 3 is 1.43 bits per heavy atom. The average Bonchev–Trinajstić information content (AvgIpc) is 2.35. The van der Waals surface area contributed by atoms with E-state index in [4.69, 9.17) is 9.05 Å². The van der Waals surface area contributed by atoms with E-state index in [2.05, 4.69) is 12.1 Å². The summed E-state index contributed by atoms with van der Waals surface area (Å²) in [5.41, 5.74) is 4.28. The lowest BCUT2D eigenvalue weighted by Gasteiger charge is -2.19. The van der Waals surface area contributed by atoms with Crippen LogP contribution in [0.25, 0.3) is 0 Å². The van der Waals surface area contributed by atoms with Gasteiger partial charge in [-0.25, -0.2) is 4.57 Å². The fourth-order valence-corrected chi connectivity index (χ4v) is 5.43. The van der Waals surface area contributed by atoms with Crippen LogP contribution in [0.3, 0.4) is 0 Å². The predicted octanol–water partition coefficient (Wildman–Crippen LogP) is 6.24. The van der Waals surface area contributed by atoms with E-state index in [1.54, 1.807) is 0 Å². The summed E-state index contributed by atoms with van der Waals surface area (Å²) < 4.78 is 24.7. The van der Waals surface area contributed by atoms with Gasteiger partial charge >= 0.3 is 6.80 Å². The van der Waals surface area contributed by atoms with Crippen LogP contribution < -0.4 is 9.05 Å². The van der Waals surface area contributed by atoms with Gasteiger partial charge in [-0.1, -0.05) is 19.1 Å². The van der Waals surface area contributed by atoms with Crippen LogP contribution >= 0.6 is 18.2 Å². The standard InChI is InChI=1S/C18H23O3PS/c1-6-23-22(19,20-17-9-13(2)7-14(3)10-17)21-18-11-15(4)8-16(5)12-18/h7-12H,6H2,1-5H3. The summed E-state index contributed by atoms with van der Waals surface area (Å²) in [6, 6.07) is 11.6. The lowest BCUT2D eigenvalue weighted by atomic mass is 10.1. The molecule has 2 aromatic rings. The molecule has 0 radical (unpaired) electrons. The molecule has 2 aromatic carbocycles. The summed E-state index contributed by atoms with van der Waals surface area (Å²) in [4.78, 5) is 0. The maximum Gasteiger partial charge on any atom is 0.492 e. The maximum atomic E-state index is 13.1. The van der Waals surface area contributed by atoms with E-state index < -0.39 is 6.80 Å². The quantitative estimate of drug-likeness (QED) is 0.578. The highest BCUT2D eigenvalue weighted by molar-refractivity contribution is 8.55. The molecule has 0 fully saturated rings. The second kappa shape index (κ2) is 7.46. The molecule has 0 N–H and O–H groups in total. The molecule has 0 aliphatic carbocycles. The van der Waals surface area contributed by atoms with Crippen molar-refractivity contribution in [2.45, 2.75) is 34.6 Å². The monoisotopic (exact) mass is 350 g/mol. The Labute approximate surface area is 142 Å². The van der Waals surface area contributed by atoms with Crippen LogP contribution in [-0.4, -0.2) is 5.75 Å². The fourth-order valence-electron chi connectivity index (χ4n) is 2.46. The van der Waals surface area contributed by atoms with Crippen LogP contribution in [-0.2, 0) is 4.57 Å². The predicted molar refractivity (Wildman–Crippen MR) is 98.8 cm³/mol. The highest BCUT2D eigenvalue weighted by Gasteiger charge is 2.29. The summed E-state index contributed by atoms with van der Waals surface area (Å²) in [5.74, 6) is 1.81. The second-order valence-corrected chi connectivity index (χ2v) is 9.91. The topological polar surface area (TPSA) is 35.5 Å². The summed E-state index contributed by atoms with van der Waals surface area (Å²) in [6.07, 6.45) is 0. The highest BCUT2D eigenvalue weighted by Crippen LogP contribution is 2.59. The van der Waals surface area contributed by atoms with Gasteiger partial charge in [0.05, 0.1) is 0 Å². The number of benzene rings is 2. The van der Waals surface area contributed by atoms with Crippen molar-refractivity contribution in [2.75, 3.05) is 5.75 Å². The van der Waals surface area contributed by atoms with Crippen LogP contribution in [0.5, 0.6) is 11.5 Å². The molecule has 0 aliphatic rings. The lowest BCUT2D eigenvalue weighted by Crippen LogP contribution is -1.99. The van der Waals surface area contributed by atoms with Crippen molar-refractivity contribution < 1.29 is 13.6 Å². The van der Waals surface area contributed by atoms with Crippen molar-refractivity contribution in [1.29, 1.82) is 0 Å². The first-order valence-corrected chi connectivity index (χ1v) is 10.7. The molecule has 0 amide bonds. The molecule has 5 heteroatoms. The molecule has 0 heterocycles. The molecule has 0 saturated carbocycles. The summed E-state index contributed by atoms with van der Waals surface area (Å²) in [5, 5.41) is 0. The van der Waals surface area contributed by atoms with Crippen molar-refractivity contribution in [3.8, 4) is 11.5 Å². The third-order valence-electron chi connectivity index (χ3n) is 3.11. The van der Waals surface area contributed by atoms with Crippen LogP contribution in [0.1, 0.15) is 29.2 Å². The molecule has 124 valence electrons. The van der Waals surface area contributed by atoms with E-state index in [1.165, 1.54) is 11.4 Å². The van der Waals surface area contributed by atoms with Crippen molar-refractivity contribution in [1.82, 2.24) is 0 Å². The van der Waals surface area contributed by atoms with Crippen molar-refractivity contribution in [3.05, 3.63) is 58.7 Å². The zero-order chi connectivity index (χ0) is 17.0. The van der Waals surface area contributed by atoms with Gasteiger partial charge in [0.1, 0.15) is 11.5 Å². The van der Waals surface area contributed by atoms with Gasteiger partial charge in [-0.05, 0) is 85.6 Å². The SMILES string of the molecule is CCSP(=O)(Oc1cc(C)cc(C)c1)Oc1cc(C)cc(C)c1. The third kappa shape index (κ3) is 5.33. The lowest BCUT2D eigenvalue weighted by molar-refractivity contribution is 0.407. The van der Waals surface area contributed by atoms with Crippen molar-refractivity contribution >= 4 is 18.2 Å². The first-order chi connectivity index (χ1) is 10.8. The van der Waals surface area contributed by atoms with E-state index in [9.17, 15) is 4.57 Å². The largest absolute Gasteiger partial charge is 0.492 e. The van der Waals surface area contributed by atoms with E-state index in [1.807, 2.05) is 58.9 Å². The molecule has 0 unspecified atom stereocenters. The summed E-state index contributed by atoms with van der Waals surface area (Å²) in [7, 11) is 0. The molecule has 0 aliphatic heterocycles. The minimum absolute atomic E-state index is 0.580.